The summed E-state index contributed by atoms with van der Waals surface area (Å²) in [5.41, 5.74) is 0. The minimum absolute atomic E-state index is 0.371. The summed E-state index contributed by atoms with van der Waals surface area (Å²) in [6, 6.07) is 0.371. The van der Waals surface area contributed by atoms with Gasteiger partial charge < -0.3 is 14.6 Å². The number of hydrogen-bond acceptors (Lipinski definition) is 5. The van der Waals surface area contributed by atoms with Crippen molar-refractivity contribution in [3.63, 3.8) is 0 Å². The molecule has 1 rings (SSSR count). The Balaban J connectivity index is 2.50. The Hall–Kier alpha value is -0.940. The summed E-state index contributed by atoms with van der Waals surface area (Å²) in [6.45, 7) is 4.96. The Morgan fingerprint density at radius 1 is 1.44 bits per heavy atom. The minimum atomic E-state index is 0.371. The van der Waals surface area contributed by atoms with E-state index in [1.807, 2.05) is 7.05 Å². The fraction of sp³-hybridized carbons (Fsp3) is 0.818. The summed E-state index contributed by atoms with van der Waals surface area (Å²) in [6.07, 6.45) is 1.47. The topological polar surface area (TPSA) is 60.2 Å². The highest BCUT2D eigenvalue weighted by Gasteiger charge is 2.15. The summed E-state index contributed by atoms with van der Waals surface area (Å²) >= 11 is 0. The molecule has 92 valence electrons. The summed E-state index contributed by atoms with van der Waals surface area (Å²) in [5.74, 6) is 1.95. The van der Waals surface area contributed by atoms with Crippen LogP contribution in [0.1, 0.15) is 25.6 Å². The molecular weight excluding hydrogens is 206 g/mol. The Labute approximate surface area is 96.6 Å². The predicted molar refractivity (Wildman–Crippen MR) is 61.3 cm³/mol. The molecule has 0 radical (unpaired) electrons. The molecule has 0 aliphatic carbocycles. The molecule has 0 aromatic carbocycles. The molecule has 0 saturated carbocycles. The second-order valence-corrected chi connectivity index (χ2v) is 4.19. The lowest BCUT2D eigenvalue weighted by Gasteiger charge is -2.17. The molecule has 1 N–H and O–H groups in total. The monoisotopic (exact) mass is 227 g/mol. The SMILES string of the molecule is CNC(Cc1nc(CCOC)no1)C(C)C. The number of aromatic nitrogens is 2. The van der Waals surface area contributed by atoms with E-state index in [2.05, 4.69) is 29.3 Å². The molecule has 1 heterocycles. The van der Waals surface area contributed by atoms with Crippen molar-refractivity contribution in [2.45, 2.75) is 32.7 Å². The van der Waals surface area contributed by atoms with Crippen LogP contribution in [-0.4, -0.2) is 36.9 Å². The molecule has 0 amide bonds. The second-order valence-electron chi connectivity index (χ2n) is 4.19. The van der Waals surface area contributed by atoms with Crippen LogP contribution in [0.2, 0.25) is 0 Å². The maximum atomic E-state index is 5.19. The summed E-state index contributed by atoms with van der Waals surface area (Å²) in [4.78, 5) is 4.32. The molecule has 5 heteroatoms. The fourth-order valence-corrected chi connectivity index (χ4v) is 1.53. The van der Waals surface area contributed by atoms with Crippen molar-refractivity contribution < 1.29 is 9.26 Å². The summed E-state index contributed by atoms with van der Waals surface area (Å²) < 4.78 is 10.1. The number of rotatable bonds is 7. The first-order valence-corrected chi connectivity index (χ1v) is 5.65. The van der Waals surface area contributed by atoms with Gasteiger partial charge in [-0.25, -0.2) is 0 Å². The Morgan fingerprint density at radius 3 is 2.75 bits per heavy atom. The van der Waals surface area contributed by atoms with E-state index in [1.165, 1.54) is 0 Å². The van der Waals surface area contributed by atoms with Crippen LogP contribution in [0.5, 0.6) is 0 Å². The standard InChI is InChI=1S/C11H21N3O2/c1-8(2)9(12-3)7-11-13-10(14-16-11)5-6-15-4/h8-9,12H,5-7H2,1-4H3. The maximum absolute atomic E-state index is 5.19. The summed E-state index contributed by atoms with van der Waals surface area (Å²) in [5, 5.41) is 7.16. The van der Waals surface area contributed by atoms with Crippen molar-refractivity contribution in [3.8, 4) is 0 Å². The number of ether oxygens (including phenoxy) is 1. The molecule has 0 fully saturated rings. The van der Waals surface area contributed by atoms with E-state index < -0.39 is 0 Å². The number of likely N-dealkylation sites (N-methyl/N-ethyl adjacent to an activating group) is 1. The third-order valence-electron chi connectivity index (χ3n) is 2.61. The smallest absolute Gasteiger partial charge is 0.228 e. The van der Waals surface area contributed by atoms with Crippen LogP contribution in [0.25, 0.3) is 0 Å². The fourth-order valence-electron chi connectivity index (χ4n) is 1.53. The van der Waals surface area contributed by atoms with Crippen LogP contribution in [0.4, 0.5) is 0 Å². The third-order valence-corrected chi connectivity index (χ3v) is 2.61. The van der Waals surface area contributed by atoms with Gasteiger partial charge in [-0.2, -0.15) is 4.98 Å². The molecule has 0 spiro atoms. The lowest BCUT2D eigenvalue weighted by atomic mass is 10.0. The van der Waals surface area contributed by atoms with E-state index in [1.54, 1.807) is 7.11 Å². The van der Waals surface area contributed by atoms with Crippen molar-refractivity contribution in [2.24, 2.45) is 5.92 Å². The van der Waals surface area contributed by atoms with Crippen molar-refractivity contribution in [2.75, 3.05) is 20.8 Å². The van der Waals surface area contributed by atoms with Crippen molar-refractivity contribution in [1.29, 1.82) is 0 Å². The Bertz CT molecular complexity index is 299. The Kier molecular flexibility index (Phi) is 5.42. The number of hydrogen-bond donors (Lipinski definition) is 1. The molecule has 1 unspecified atom stereocenters. The molecule has 0 bridgehead atoms. The van der Waals surface area contributed by atoms with Gasteiger partial charge in [0.25, 0.3) is 0 Å². The highest BCUT2D eigenvalue weighted by molar-refractivity contribution is 4.90. The van der Waals surface area contributed by atoms with Crippen LogP contribution in [0.15, 0.2) is 4.52 Å². The van der Waals surface area contributed by atoms with Gasteiger partial charge in [0.1, 0.15) is 0 Å². The predicted octanol–water partition coefficient (Wildman–Crippen LogP) is 1.04. The van der Waals surface area contributed by atoms with E-state index in [-0.39, 0.29) is 0 Å². The van der Waals surface area contributed by atoms with E-state index in [0.29, 0.717) is 30.9 Å². The normalized spacial score (nSPS) is 13.3. The number of nitrogens with one attached hydrogen (secondary N) is 1. The van der Waals surface area contributed by atoms with Crippen LogP contribution in [-0.2, 0) is 17.6 Å². The first-order chi connectivity index (χ1) is 7.67. The molecule has 0 saturated heterocycles. The van der Waals surface area contributed by atoms with Crippen LogP contribution in [0.3, 0.4) is 0 Å². The first kappa shape index (κ1) is 13.1. The van der Waals surface area contributed by atoms with Gasteiger partial charge in [-0.15, -0.1) is 0 Å². The molecule has 0 aliphatic heterocycles. The van der Waals surface area contributed by atoms with Crippen molar-refractivity contribution in [1.82, 2.24) is 15.5 Å². The van der Waals surface area contributed by atoms with Crippen LogP contribution in [0, 0.1) is 5.92 Å². The average molecular weight is 227 g/mol. The van der Waals surface area contributed by atoms with Gasteiger partial charge in [-0.05, 0) is 13.0 Å². The van der Waals surface area contributed by atoms with Gasteiger partial charge in [0, 0.05) is 26.0 Å². The first-order valence-electron chi connectivity index (χ1n) is 5.65. The lowest BCUT2D eigenvalue weighted by Crippen LogP contribution is -2.32. The Morgan fingerprint density at radius 2 is 2.19 bits per heavy atom. The van der Waals surface area contributed by atoms with Crippen LogP contribution < -0.4 is 5.32 Å². The zero-order chi connectivity index (χ0) is 12.0. The molecule has 1 aromatic heterocycles. The highest BCUT2D eigenvalue weighted by Crippen LogP contribution is 2.08. The van der Waals surface area contributed by atoms with Gasteiger partial charge in [0.15, 0.2) is 5.82 Å². The maximum Gasteiger partial charge on any atom is 0.228 e. The summed E-state index contributed by atoms with van der Waals surface area (Å²) in [7, 11) is 3.61. The molecule has 0 aliphatic rings. The van der Waals surface area contributed by atoms with Crippen LogP contribution >= 0.6 is 0 Å². The molecule has 5 nitrogen and oxygen atoms in total. The minimum Gasteiger partial charge on any atom is -0.384 e. The zero-order valence-electron chi connectivity index (χ0n) is 10.5. The lowest BCUT2D eigenvalue weighted by molar-refractivity contribution is 0.199. The molecule has 1 atom stereocenters. The van der Waals surface area contributed by atoms with E-state index in [4.69, 9.17) is 9.26 Å². The van der Waals surface area contributed by atoms with Gasteiger partial charge in [0.05, 0.1) is 6.61 Å². The van der Waals surface area contributed by atoms with Crippen molar-refractivity contribution in [3.05, 3.63) is 11.7 Å². The van der Waals surface area contributed by atoms with E-state index in [0.717, 1.165) is 12.2 Å². The zero-order valence-corrected chi connectivity index (χ0v) is 10.5. The third kappa shape index (κ3) is 3.90. The number of methoxy groups -OCH3 is 1. The van der Waals surface area contributed by atoms with E-state index in [9.17, 15) is 0 Å². The average Bonchev–Trinajstić information content (AvgIpc) is 2.70. The highest BCUT2D eigenvalue weighted by atomic mass is 16.5. The second kappa shape index (κ2) is 6.60. The van der Waals surface area contributed by atoms with Gasteiger partial charge in [-0.1, -0.05) is 19.0 Å². The van der Waals surface area contributed by atoms with Gasteiger partial charge >= 0.3 is 0 Å². The quantitative estimate of drug-likeness (QED) is 0.754. The largest absolute Gasteiger partial charge is 0.384 e. The molecular formula is C11H21N3O2. The molecule has 16 heavy (non-hydrogen) atoms. The number of nitrogens with zero attached hydrogens (tertiary/aromatic N) is 2. The van der Waals surface area contributed by atoms with Gasteiger partial charge in [-0.3, -0.25) is 0 Å². The van der Waals surface area contributed by atoms with E-state index >= 15 is 0 Å². The van der Waals surface area contributed by atoms with Crippen molar-refractivity contribution >= 4 is 0 Å². The molecule has 1 aromatic rings. The van der Waals surface area contributed by atoms with Gasteiger partial charge in [0.2, 0.25) is 5.89 Å².